The molecular formula is C12H24O10. The Hall–Kier alpha value is -0.850. The van der Waals surface area contributed by atoms with E-state index in [2.05, 4.69) is 0 Å². The van der Waals surface area contributed by atoms with Gasteiger partial charge >= 0.3 is 11.9 Å². The Morgan fingerprint density at radius 3 is 1.36 bits per heavy atom. The summed E-state index contributed by atoms with van der Waals surface area (Å²) >= 11 is 0. The van der Waals surface area contributed by atoms with Gasteiger partial charge in [0.25, 0.3) is 0 Å². The summed E-state index contributed by atoms with van der Waals surface area (Å²) < 4.78 is 20.7. The fourth-order valence-corrected chi connectivity index (χ4v) is 1.61. The first-order valence-corrected chi connectivity index (χ1v) is 6.66. The van der Waals surface area contributed by atoms with Gasteiger partial charge in [0.1, 0.15) is 0 Å². The Balaban J connectivity index is 5.60. The fraction of sp³-hybridized carbons (Fsp3) is 0.917. The Kier molecular flexibility index (Phi) is 10.4. The van der Waals surface area contributed by atoms with Crippen LogP contribution in [0.4, 0.5) is 0 Å². The van der Waals surface area contributed by atoms with Gasteiger partial charge in [-0.1, -0.05) is 0 Å². The van der Waals surface area contributed by atoms with Gasteiger partial charge in [-0.2, -0.15) is 0 Å². The molecule has 0 saturated heterocycles. The molecule has 0 aliphatic heterocycles. The minimum Gasteiger partial charge on any atom is -0.479 e. The van der Waals surface area contributed by atoms with E-state index >= 15 is 0 Å². The van der Waals surface area contributed by atoms with Crippen molar-refractivity contribution in [1.82, 2.24) is 0 Å². The minimum atomic E-state index is -2.33. The number of carboxylic acid groups (broad SMARTS) is 1. The summed E-state index contributed by atoms with van der Waals surface area (Å²) in [5.74, 6) is -3.85. The van der Waals surface area contributed by atoms with Gasteiger partial charge in [-0.15, -0.1) is 0 Å². The second kappa shape index (κ2) is 10.8. The molecule has 0 amide bonds. The van der Waals surface area contributed by atoms with Crippen molar-refractivity contribution in [3.05, 3.63) is 0 Å². The van der Waals surface area contributed by atoms with Gasteiger partial charge in [0.2, 0.25) is 5.60 Å². The Bertz CT molecular complexity index is 289. The maximum Gasteiger partial charge on any atom is 0.344 e. The van der Waals surface area contributed by atoms with E-state index < -0.39 is 44.0 Å². The number of hydrogen-bond donors (Lipinski definition) is 5. The topological polar surface area (TPSA) is 155 Å². The molecule has 0 rings (SSSR count). The molecule has 132 valence electrons. The number of carboxylic acids is 1. The Labute approximate surface area is 127 Å². The number of aliphatic hydroxyl groups excluding tert-OH is 4. The lowest BCUT2D eigenvalue weighted by Gasteiger charge is -2.43. The normalized spacial score (nSPS) is 14.8. The first kappa shape index (κ1) is 21.1. The first-order valence-electron chi connectivity index (χ1n) is 6.66. The number of rotatable bonds is 14. The third-order valence-corrected chi connectivity index (χ3v) is 2.62. The molecule has 0 fully saturated rings. The van der Waals surface area contributed by atoms with E-state index in [9.17, 15) is 9.90 Å². The largest absolute Gasteiger partial charge is 0.479 e. The number of ether oxygens (including phenoxy) is 4. The zero-order valence-electron chi connectivity index (χ0n) is 12.4. The van der Waals surface area contributed by atoms with Crippen LogP contribution in [-0.2, 0) is 23.7 Å². The van der Waals surface area contributed by atoms with Gasteiger partial charge < -0.3 is 44.5 Å². The van der Waals surface area contributed by atoms with E-state index in [0.717, 1.165) is 6.92 Å². The highest BCUT2D eigenvalue weighted by Gasteiger charge is 2.59. The highest BCUT2D eigenvalue weighted by Crippen LogP contribution is 2.33. The molecule has 0 radical (unpaired) electrons. The van der Waals surface area contributed by atoms with Crippen molar-refractivity contribution in [1.29, 1.82) is 0 Å². The van der Waals surface area contributed by atoms with E-state index in [1.54, 1.807) is 0 Å². The van der Waals surface area contributed by atoms with Crippen LogP contribution in [0.5, 0.6) is 0 Å². The van der Waals surface area contributed by atoms with Crippen molar-refractivity contribution in [2.45, 2.75) is 18.5 Å². The van der Waals surface area contributed by atoms with Crippen LogP contribution in [0.2, 0.25) is 0 Å². The third-order valence-electron chi connectivity index (χ3n) is 2.62. The minimum absolute atomic E-state index is 0.345. The molecular weight excluding hydrogens is 304 g/mol. The van der Waals surface area contributed by atoms with Crippen LogP contribution in [0.15, 0.2) is 0 Å². The van der Waals surface area contributed by atoms with Gasteiger partial charge in [-0.25, -0.2) is 4.79 Å². The molecule has 0 aliphatic carbocycles. The molecule has 0 aromatic carbocycles. The van der Waals surface area contributed by atoms with Crippen LogP contribution >= 0.6 is 0 Å². The van der Waals surface area contributed by atoms with Gasteiger partial charge in [0.15, 0.2) is 0 Å². The maximum absolute atomic E-state index is 11.6. The van der Waals surface area contributed by atoms with E-state index in [1.807, 2.05) is 0 Å². The summed E-state index contributed by atoms with van der Waals surface area (Å²) in [6, 6.07) is 0. The van der Waals surface area contributed by atoms with Crippen molar-refractivity contribution in [2.24, 2.45) is 0 Å². The summed E-state index contributed by atoms with van der Waals surface area (Å²) in [6.45, 7) is -2.12. The molecule has 0 spiro atoms. The van der Waals surface area contributed by atoms with E-state index in [0.29, 0.717) is 0 Å². The molecule has 0 aliphatic rings. The van der Waals surface area contributed by atoms with Crippen molar-refractivity contribution in [3.63, 3.8) is 0 Å². The lowest BCUT2D eigenvalue weighted by molar-refractivity contribution is -0.438. The average Bonchev–Trinajstić information content (AvgIpc) is 2.51. The van der Waals surface area contributed by atoms with Crippen molar-refractivity contribution < 1.29 is 49.3 Å². The average molecular weight is 328 g/mol. The second-order valence-corrected chi connectivity index (χ2v) is 4.18. The molecule has 0 saturated carbocycles. The van der Waals surface area contributed by atoms with Crippen LogP contribution in [0.3, 0.4) is 0 Å². The molecule has 1 unspecified atom stereocenters. The van der Waals surface area contributed by atoms with E-state index in [-0.39, 0.29) is 26.4 Å². The predicted octanol–water partition coefficient (Wildman–Crippen LogP) is -2.48. The SMILES string of the molecule is CC(OCCO)(C(=O)O)C(OCCO)(OCCO)OCCO. The lowest BCUT2D eigenvalue weighted by Crippen LogP contribution is -2.64. The number of hydrogen-bond acceptors (Lipinski definition) is 9. The molecule has 0 heterocycles. The van der Waals surface area contributed by atoms with Crippen molar-refractivity contribution >= 4 is 5.97 Å². The van der Waals surface area contributed by atoms with Crippen LogP contribution < -0.4 is 0 Å². The van der Waals surface area contributed by atoms with Crippen molar-refractivity contribution in [3.8, 4) is 0 Å². The van der Waals surface area contributed by atoms with Gasteiger partial charge in [-0.3, -0.25) is 0 Å². The zero-order chi connectivity index (χ0) is 17.1. The molecule has 1 atom stereocenters. The standard InChI is InChI=1S/C12H24O10/c1-11(10(17)18,19-6-2-13)12(20-7-3-14,21-8-4-15)22-9-5-16/h13-16H,2-9H2,1H3,(H,17,18). The zero-order valence-corrected chi connectivity index (χ0v) is 12.4. The maximum atomic E-state index is 11.6. The Morgan fingerprint density at radius 2 is 1.09 bits per heavy atom. The van der Waals surface area contributed by atoms with Crippen LogP contribution in [0.1, 0.15) is 6.92 Å². The van der Waals surface area contributed by atoms with Crippen molar-refractivity contribution in [2.75, 3.05) is 52.9 Å². The summed E-state index contributed by atoms with van der Waals surface area (Å²) in [5.41, 5.74) is -2.23. The predicted molar refractivity (Wildman–Crippen MR) is 70.9 cm³/mol. The monoisotopic (exact) mass is 328 g/mol. The summed E-state index contributed by atoms with van der Waals surface area (Å²) in [7, 11) is 0. The molecule has 10 nitrogen and oxygen atoms in total. The first-order chi connectivity index (χ1) is 10.4. The van der Waals surface area contributed by atoms with Gasteiger partial charge in [0.05, 0.1) is 52.9 Å². The molecule has 22 heavy (non-hydrogen) atoms. The molecule has 5 N–H and O–H groups in total. The second-order valence-electron chi connectivity index (χ2n) is 4.18. The fourth-order valence-electron chi connectivity index (χ4n) is 1.61. The van der Waals surface area contributed by atoms with Gasteiger partial charge in [0, 0.05) is 0 Å². The molecule has 0 aromatic heterocycles. The summed E-state index contributed by atoms with van der Waals surface area (Å²) in [5, 5.41) is 45.0. The van der Waals surface area contributed by atoms with E-state index in [4.69, 9.17) is 39.4 Å². The number of aliphatic hydroxyl groups is 4. The number of carbonyl (C=O) groups is 1. The summed E-state index contributed by atoms with van der Waals surface area (Å²) in [4.78, 5) is 11.6. The quantitative estimate of drug-likeness (QED) is 0.216. The van der Waals surface area contributed by atoms with Crippen LogP contribution in [0, 0.1) is 0 Å². The molecule has 0 aromatic rings. The lowest BCUT2D eigenvalue weighted by atomic mass is 10.0. The highest BCUT2D eigenvalue weighted by atomic mass is 16.9. The van der Waals surface area contributed by atoms with Crippen LogP contribution in [-0.4, -0.2) is 95.9 Å². The van der Waals surface area contributed by atoms with Crippen LogP contribution in [0.25, 0.3) is 0 Å². The highest BCUT2D eigenvalue weighted by molar-refractivity contribution is 5.78. The molecule has 10 heteroatoms. The Morgan fingerprint density at radius 1 is 0.773 bits per heavy atom. The van der Waals surface area contributed by atoms with Gasteiger partial charge in [-0.05, 0) is 6.92 Å². The molecule has 0 bridgehead atoms. The smallest absolute Gasteiger partial charge is 0.344 e. The number of aliphatic carboxylic acids is 1. The van der Waals surface area contributed by atoms with E-state index in [1.165, 1.54) is 0 Å². The third kappa shape index (κ3) is 5.41. The summed E-state index contributed by atoms with van der Waals surface area (Å²) in [6.07, 6.45) is 0.